The monoisotopic (exact) mass is 317 g/mol. The summed E-state index contributed by atoms with van der Waals surface area (Å²) >= 11 is 0. The highest BCUT2D eigenvalue weighted by molar-refractivity contribution is 7.91. The fourth-order valence-electron chi connectivity index (χ4n) is 1.75. The van der Waals surface area contributed by atoms with E-state index >= 15 is 0 Å². The first-order valence-electron chi connectivity index (χ1n) is 6.99. The Bertz CT molecular complexity index is 603. The van der Waals surface area contributed by atoms with Crippen LogP contribution in [0.2, 0.25) is 0 Å². The first-order chi connectivity index (χ1) is 9.54. The number of hydrogen-bond acceptors (Lipinski definition) is 7. The van der Waals surface area contributed by atoms with Crippen molar-refractivity contribution in [3.8, 4) is 0 Å². The lowest BCUT2D eigenvalue weighted by atomic mass is 9.95. The maximum atomic E-state index is 11.8. The number of sulfone groups is 1. The lowest BCUT2D eigenvalue weighted by molar-refractivity contribution is -0.0222. The molecule has 7 nitrogen and oxygen atoms in total. The minimum Gasteiger partial charge on any atom is -0.376 e. The number of aromatic nitrogens is 2. The summed E-state index contributed by atoms with van der Waals surface area (Å²) in [5, 5.41) is 3.83. The van der Waals surface area contributed by atoms with Gasteiger partial charge in [0.15, 0.2) is 15.7 Å². The average molecular weight is 317 g/mol. The van der Waals surface area contributed by atoms with Crippen molar-refractivity contribution in [2.75, 3.05) is 12.9 Å². The fourth-order valence-corrected chi connectivity index (χ4v) is 2.15. The van der Waals surface area contributed by atoms with Gasteiger partial charge in [0.2, 0.25) is 5.89 Å². The summed E-state index contributed by atoms with van der Waals surface area (Å²) in [6.07, 6.45) is 4.68. The second-order valence-electron chi connectivity index (χ2n) is 6.49. The van der Waals surface area contributed by atoms with Gasteiger partial charge in [0.25, 0.3) is 0 Å². The van der Waals surface area contributed by atoms with Gasteiger partial charge < -0.3 is 15.0 Å². The maximum absolute atomic E-state index is 11.8. The van der Waals surface area contributed by atoms with Crippen LogP contribution in [0.4, 0.5) is 0 Å². The van der Waals surface area contributed by atoms with Crippen LogP contribution in [0.1, 0.15) is 51.7 Å². The lowest BCUT2D eigenvalue weighted by Crippen LogP contribution is -2.41. The predicted molar refractivity (Wildman–Crippen MR) is 77.3 cm³/mol. The molecule has 0 aromatic carbocycles. The van der Waals surface area contributed by atoms with Gasteiger partial charge in [0.05, 0.1) is 12.7 Å². The number of nitrogens with zero attached hydrogens (tertiary/aromatic N) is 2. The molecule has 0 spiro atoms. The van der Waals surface area contributed by atoms with E-state index in [0.717, 1.165) is 19.1 Å². The van der Waals surface area contributed by atoms with Crippen LogP contribution in [-0.4, -0.2) is 37.5 Å². The van der Waals surface area contributed by atoms with E-state index < -0.39 is 20.1 Å². The molecule has 2 N–H and O–H groups in total. The molecule has 1 saturated carbocycles. The average Bonchev–Trinajstić information content (AvgIpc) is 2.75. The standard InChI is InChI=1S/C13H23N3O4S/c1-12(2,21(4,17)18)11-15-10(16-20-11)13(3,14)8-19-9-6-5-7-9/h9H,5-8,14H2,1-4H3. The molecule has 21 heavy (non-hydrogen) atoms. The van der Waals surface area contributed by atoms with Crippen molar-refractivity contribution < 1.29 is 17.7 Å². The van der Waals surface area contributed by atoms with Crippen LogP contribution < -0.4 is 5.73 Å². The third-order valence-corrected chi connectivity index (χ3v) is 6.08. The zero-order valence-corrected chi connectivity index (χ0v) is 13.7. The van der Waals surface area contributed by atoms with E-state index in [1.807, 2.05) is 0 Å². The van der Waals surface area contributed by atoms with Gasteiger partial charge in [-0.15, -0.1) is 0 Å². The first kappa shape index (κ1) is 16.4. The van der Waals surface area contributed by atoms with E-state index in [9.17, 15) is 8.42 Å². The molecule has 0 radical (unpaired) electrons. The summed E-state index contributed by atoms with van der Waals surface area (Å²) in [6.45, 7) is 5.07. The molecule has 1 aromatic rings. The summed E-state index contributed by atoms with van der Waals surface area (Å²) in [4.78, 5) is 4.18. The Morgan fingerprint density at radius 1 is 1.38 bits per heavy atom. The topological polar surface area (TPSA) is 108 Å². The van der Waals surface area contributed by atoms with E-state index in [1.165, 1.54) is 20.3 Å². The molecule has 0 amide bonds. The van der Waals surface area contributed by atoms with E-state index in [-0.39, 0.29) is 24.4 Å². The second-order valence-corrected chi connectivity index (χ2v) is 9.05. The molecule has 1 atom stereocenters. The van der Waals surface area contributed by atoms with Crippen molar-refractivity contribution in [1.29, 1.82) is 0 Å². The third-order valence-electron chi connectivity index (χ3n) is 4.05. The fraction of sp³-hybridized carbons (Fsp3) is 0.846. The van der Waals surface area contributed by atoms with Crippen LogP contribution >= 0.6 is 0 Å². The zero-order valence-electron chi connectivity index (χ0n) is 12.9. The molecule has 0 aliphatic heterocycles. The molecular weight excluding hydrogens is 294 g/mol. The molecule has 1 unspecified atom stereocenters. The Kier molecular flexibility index (Phi) is 4.16. The summed E-state index contributed by atoms with van der Waals surface area (Å²) < 4.78 is 33.1. The largest absolute Gasteiger partial charge is 0.376 e. The Labute approximate surface area is 125 Å². The highest BCUT2D eigenvalue weighted by Gasteiger charge is 2.40. The molecular formula is C13H23N3O4S. The summed E-state index contributed by atoms with van der Waals surface area (Å²) in [5.74, 6) is 0.300. The van der Waals surface area contributed by atoms with Crippen LogP contribution in [0.5, 0.6) is 0 Å². The van der Waals surface area contributed by atoms with Gasteiger partial charge in [-0.1, -0.05) is 5.16 Å². The summed E-state index contributed by atoms with van der Waals surface area (Å²) in [5.41, 5.74) is 5.26. The SMILES string of the molecule is CC(N)(COC1CCC1)c1noc(C(C)(C)S(C)(=O)=O)n1. The van der Waals surface area contributed by atoms with Crippen LogP contribution in [0.25, 0.3) is 0 Å². The number of ether oxygens (including phenoxy) is 1. The summed E-state index contributed by atoms with van der Waals surface area (Å²) in [7, 11) is -3.38. The highest BCUT2D eigenvalue weighted by atomic mass is 32.2. The Balaban J connectivity index is 2.14. The minimum atomic E-state index is -3.38. The maximum Gasteiger partial charge on any atom is 0.247 e. The molecule has 1 fully saturated rings. The van der Waals surface area contributed by atoms with Crippen molar-refractivity contribution >= 4 is 9.84 Å². The van der Waals surface area contributed by atoms with Crippen molar-refractivity contribution in [3.63, 3.8) is 0 Å². The molecule has 0 saturated heterocycles. The minimum absolute atomic E-state index is 0.0420. The first-order valence-corrected chi connectivity index (χ1v) is 8.88. The Hall–Kier alpha value is -0.990. The summed E-state index contributed by atoms with van der Waals surface area (Å²) in [6, 6.07) is 0. The zero-order chi connectivity index (χ0) is 15.9. The van der Waals surface area contributed by atoms with Gasteiger partial charge in [0.1, 0.15) is 10.3 Å². The second kappa shape index (κ2) is 5.33. The van der Waals surface area contributed by atoms with Crippen LogP contribution in [0.3, 0.4) is 0 Å². The highest BCUT2D eigenvalue weighted by Crippen LogP contribution is 2.29. The molecule has 1 aliphatic carbocycles. The molecule has 120 valence electrons. The molecule has 2 rings (SSSR count). The van der Waals surface area contributed by atoms with Gasteiger partial charge in [-0.05, 0) is 40.0 Å². The van der Waals surface area contributed by atoms with Crippen molar-refractivity contribution in [2.24, 2.45) is 5.73 Å². The van der Waals surface area contributed by atoms with Gasteiger partial charge in [-0.25, -0.2) is 8.42 Å². The third kappa shape index (κ3) is 3.27. The number of rotatable bonds is 6. The molecule has 1 heterocycles. The van der Waals surface area contributed by atoms with Gasteiger partial charge in [0, 0.05) is 6.26 Å². The van der Waals surface area contributed by atoms with Crippen LogP contribution in [0, 0.1) is 0 Å². The van der Waals surface area contributed by atoms with E-state index in [0.29, 0.717) is 0 Å². The van der Waals surface area contributed by atoms with Crippen LogP contribution in [0.15, 0.2) is 4.52 Å². The molecule has 0 bridgehead atoms. The van der Waals surface area contributed by atoms with Gasteiger partial charge in [-0.3, -0.25) is 0 Å². The molecule has 1 aliphatic rings. The Morgan fingerprint density at radius 2 is 2.00 bits per heavy atom. The molecule has 8 heteroatoms. The lowest BCUT2D eigenvalue weighted by Gasteiger charge is -2.29. The number of nitrogens with two attached hydrogens (primary N) is 1. The van der Waals surface area contributed by atoms with Gasteiger partial charge >= 0.3 is 0 Å². The van der Waals surface area contributed by atoms with Crippen LogP contribution in [-0.2, 0) is 24.9 Å². The smallest absolute Gasteiger partial charge is 0.247 e. The van der Waals surface area contributed by atoms with E-state index in [2.05, 4.69) is 10.1 Å². The van der Waals surface area contributed by atoms with Crippen molar-refractivity contribution in [2.45, 2.75) is 56.4 Å². The van der Waals surface area contributed by atoms with E-state index in [1.54, 1.807) is 6.92 Å². The molecule has 1 aromatic heterocycles. The van der Waals surface area contributed by atoms with Gasteiger partial charge in [-0.2, -0.15) is 4.98 Å². The Morgan fingerprint density at radius 3 is 2.48 bits per heavy atom. The quantitative estimate of drug-likeness (QED) is 0.836. The normalized spacial score (nSPS) is 20.0. The van der Waals surface area contributed by atoms with E-state index in [4.69, 9.17) is 15.0 Å². The van der Waals surface area contributed by atoms with Crippen molar-refractivity contribution in [1.82, 2.24) is 10.1 Å². The van der Waals surface area contributed by atoms with Crippen molar-refractivity contribution in [3.05, 3.63) is 11.7 Å². The predicted octanol–water partition coefficient (Wildman–Crippen LogP) is 1.09. The number of hydrogen-bond donors (Lipinski definition) is 1.